The zero-order chi connectivity index (χ0) is 37.7. The molecule has 0 aromatic heterocycles. The number of hydrogen-bond donors (Lipinski definition) is 0. The van der Waals surface area contributed by atoms with Gasteiger partial charge in [0.1, 0.15) is 0 Å². The Balaban J connectivity index is 1.64. The fourth-order valence-corrected chi connectivity index (χ4v) is 14.9. The molecule has 0 aliphatic rings. The van der Waals surface area contributed by atoms with E-state index >= 15 is 0 Å². The topological polar surface area (TPSA) is 0 Å². The van der Waals surface area contributed by atoms with Gasteiger partial charge in [-0.05, 0) is 136 Å². The maximum absolute atomic E-state index is 2.58. The lowest BCUT2D eigenvalue weighted by atomic mass is 9.94. The summed E-state index contributed by atoms with van der Waals surface area (Å²) in [4.78, 5) is 0. The second-order valence-electron chi connectivity index (χ2n) is 15.4. The second-order valence-corrected chi connectivity index (χ2v) is 19.8. The average Bonchev–Trinajstić information content (AvgIpc) is 3.10. The quantitative estimate of drug-likeness (QED) is 0.143. The van der Waals surface area contributed by atoms with Crippen molar-refractivity contribution in [1.29, 1.82) is 0 Å². The Hall–Kier alpha value is -4.86. The molecule has 0 unspecified atom stereocenters. The summed E-state index contributed by atoms with van der Waals surface area (Å²) in [5.41, 5.74) is 13.1. The van der Waals surface area contributed by atoms with Crippen LogP contribution in [0, 0.1) is 55.4 Å². The molecule has 0 fully saturated rings. The molecule has 0 atom stereocenters. The maximum Gasteiger partial charge on any atom is 0.00177 e. The van der Waals surface area contributed by atoms with Gasteiger partial charge in [0, 0.05) is 5.30 Å². The molecule has 8 aromatic rings. The molecule has 0 nitrogen and oxygen atoms in total. The largest absolute Gasteiger partial charge is 0.0616 e. The van der Waals surface area contributed by atoms with Gasteiger partial charge in [0.2, 0.25) is 0 Å². The molecule has 0 bridgehead atoms. The standard InChI is InChI=1S/C52H48P2/c1-33-20-34(2)25-43(24-33)53(44-26-35(3)21-36(4)27-44)50-32-42-15-10-12-18-48(42)51(49-19-13-16-41-14-9-11-17-47(41)49)52(50)54(45-28-37(5)22-38(6)29-45)46-30-39(7)23-40(8)31-46/h9-32H,1-8H3. The van der Waals surface area contributed by atoms with E-state index in [0.717, 1.165) is 0 Å². The summed E-state index contributed by atoms with van der Waals surface area (Å²) in [6.45, 7) is 18.1. The minimum atomic E-state index is -1.03. The molecule has 0 saturated carbocycles. The molecular weight excluding hydrogens is 687 g/mol. The van der Waals surface area contributed by atoms with Crippen LogP contribution in [0.3, 0.4) is 0 Å². The first-order chi connectivity index (χ1) is 26.0. The van der Waals surface area contributed by atoms with E-state index in [1.165, 1.54) is 109 Å². The Labute approximate surface area is 324 Å². The Morgan fingerprint density at radius 3 is 1.15 bits per heavy atom. The van der Waals surface area contributed by atoms with Gasteiger partial charge < -0.3 is 0 Å². The van der Waals surface area contributed by atoms with E-state index in [-0.39, 0.29) is 0 Å². The first-order valence-corrected chi connectivity index (χ1v) is 21.7. The predicted octanol–water partition coefficient (Wildman–Crippen LogP) is 11.6. The van der Waals surface area contributed by atoms with Crippen LogP contribution in [-0.4, -0.2) is 0 Å². The Morgan fingerprint density at radius 2 is 0.685 bits per heavy atom. The number of hydrogen-bond acceptors (Lipinski definition) is 0. The van der Waals surface area contributed by atoms with Crippen LogP contribution in [0.4, 0.5) is 0 Å². The van der Waals surface area contributed by atoms with Crippen LogP contribution in [0.25, 0.3) is 32.7 Å². The molecule has 0 aliphatic heterocycles. The van der Waals surface area contributed by atoms with Crippen molar-refractivity contribution in [1.82, 2.24) is 0 Å². The van der Waals surface area contributed by atoms with Gasteiger partial charge >= 0.3 is 0 Å². The van der Waals surface area contributed by atoms with Crippen LogP contribution in [-0.2, 0) is 0 Å². The summed E-state index contributed by atoms with van der Waals surface area (Å²) < 4.78 is 0. The van der Waals surface area contributed by atoms with Crippen molar-refractivity contribution in [2.75, 3.05) is 0 Å². The molecule has 266 valence electrons. The number of aryl methyl sites for hydroxylation is 8. The lowest BCUT2D eigenvalue weighted by Gasteiger charge is -2.32. The fourth-order valence-electron chi connectivity index (χ4n) is 8.59. The number of benzene rings is 8. The zero-order valence-electron chi connectivity index (χ0n) is 32.8. The summed E-state index contributed by atoms with van der Waals surface area (Å²) in [5, 5.41) is 13.7. The summed E-state index contributed by atoms with van der Waals surface area (Å²) in [6.07, 6.45) is 0. The lowest BCUT2D eigenvalue weighted by molar-refractivity contribution is 1.40. The van der Waals surface area contributed by atoms with Crippen molar-refractivity contribution in [3.8, 4) is 11.1 Å². The first-order valence-electron chi connectivity index (χ1n) is 19.0. The van der Waals surface area contributed by atoms with E-state index in [1.807, 2.05) is 0 Å². The van der Waals surface area contributed by atoms with E-state index < -0.39 is 15.8 Å². The molecule has 2 heteroatoms. The van der Waals surface area contributed by atoms with E-state index in [1.54, 1.807) is 0 Å². The van der Waals surface area contributed by atoms with Gasteiger partial charge in [-0.25, -0.2) is 0 Å². The van der Waals surface area contributed by atoms with Gasteiger partial charge in [0.15, 0.2) is 0 Å². The smallest absolute Gasteiger partial charge is 0.00177 e. The van der Waals surface area contributed by atoms with Crippen LogP contribution >= 0.6 is 15.8 Å². The van der Waals surface area contributed by atoms with Gasteiger partial charge in [0.25, 0.3) is 0 Å². The number of rotatable bonds is 7. The SMILES string of the molecule is Cc1cc(C)cc(P(c2cc(C)cc(C)c2)c2cc3ccccc3c(-c3cccc4ccccc34)c2P(c2cc(C)cc(C)c2)c2cc(C)cc(C)c2)c1. The predicted molar refractivity (Wildman–Crippen MR) is 242 cm³/mol. The Morgan fingerprint density at radius 1 is 0.315 bits per heavy atom. The molecule has 0 N–H and O–H groups in total. The molecule has 0 heterocycles. The highest BCUT2D eigenvalue weighted by atomic mass is 31.1. The van der Waals surface area contributed by atoms with Crippen molar-refractivity contribution in [2.45, 2.75) is 55.4 Å². The van der Waals surface area contributed by atoms with Crippen LogP contribution in [0.15, 0.2) is 146 Å². The normalized spacial score (nSPS) is 11.7. The highest BCUT2D eigenvalue weighted by molar-refractivity contribution is 7.85. The first kappa shape index (κ1) is 36.1. The second kappa shape index (κ2) is 14.8. The molecule has 8 aromatic carbocycles. The van der Waals surface area contributed by atoms with E-state index in [4.69, 9.17) is 0 Å². The molecule has 0 aliphatic carbocycles. The monoisotopic (exact) mass is 734 g/mol. The molecule has 0 spiro atoms. The Bertz CT molecular complexity index is 2530. The van der Waals surface area contributed by atoms with E-state index in [0.29, 0.717) is 0 Å². The lowest BCUT2D eigenvalue weighted by Crippen LogP contribution is -2.36. The van der Waals surface area contributed by atoms with Crippen LogP contribution in [0.5, 0.6) is 0 Å². The average molecular weight is 735 g/mol. The van der Waals surface area contributed by atoms with Gasteiger partial charge in [-0.2, -0.15) is 0 Å². The summed E-state index contributed by atoms with van der Waals surface area (Å²) in [7, 11) is -2.01. The van der Waals surface area contributed by atoms with Crippen LogP contribution in [0.2, 0.25) is 0 Å². The molecule has 0 radical (unpaired) electrons. The van der Waals surface area contributed by atoms with Crippen LogP contribution in [0.1, 0.15) is 44.5 Å². The highest BCUT2D eigenvalue weighted by Crippen LogP contribution is 2.46. The highest BCUT2D eigenvalue weighted by Gasteiger charge is 2.32. The van der Waals surface area contributed by atoms with Gasteiger partial charge in [0.05, 0.1) is 0 Å². The van der Waals surface area contributed by atoms with Crippen LogP contribution < -0.4 is 31.8 Å². The molecule has 0 amide bonds. The molecule has 54 heavy (non-hydrogen) atoms. The third-order valence-corrected chi connectivity index (χ3v) is 15.4. The molecular formula is C52H48P2. The summed E-state index contributed by atoms with van der Waals surface area (Å²) in [5.74, 6) is 0. The van der Waals surface area contributed by atoms with Gasteiger partial charge in [-0.15, -0.1) is 0 Å². The van der Waals surface area contributed by atoms with Crippen molar-refractivity contribution < 1.29 is 0 Å². The van der Waals surface area contributed by atoms with Crippen molar-refractivity contribution in [3.05, 3.63) is 190 Å². The summed E-state index contributed by atoms with van der Waals surface area (Å²) >= 11 is 0. The van der Waals surface area contributed by atoms with E-state index in [9.17, 15) is 0 Å². The van der Waals surface area contributed by atoms with Gasteiger partial charge in [-0.3, -0.25) is 0 Å². The Kier molecular flexibility index (Phi) is 9.87. The third kappa shape index (κ3) is 7.07. The molecule has 0 saturated heterocycles. The fraction of sp³-hybridized carbons (Fsp3) is 0.154. The minimum Gasteiger partial charge on any atom is -0.0616 e. The zero-order valence-corrected chi connectivity index (χ0v) is 34.5. The van der Waals surface area contributed by atoms with Crippen molar-refractivity contribution in [3.63, 3.8) is 0 Å². The van der Waals surface area contributed by atoms with Crippen molar-refractivity contribution in [2.24, 2.45) is 0 Å². The molecule has 8 rings (SSSR count). The minimum absolute atomic E-state index is 0.982. The number of fused-ring (bicyclic) bond motifs is 2. The van der Waals surface area contributed by atoms with E-state index in [2.05, 4.69) is 201 Å². The van der Waals surface area contributed by atoms with Gasteiger partial charge in [-0.1, -0.05) is 184 Å². The van der Waals surface area contributed by atoms with Crippen molar-refractivity contribution >= 4 is 69.2 Å². The summed E-state index contributed by atoms with van der Waals surface area (Å²) in [6, 6.07) is 56.6. The maximum atomic E-state index is 2.58. The third-order valence-electron chi connectivity index (χ3n) is 10.4.